The average Bonchev–Trinajstić information content (AvgIpc) is 2.99. The molecule has 2 atom stereocenters. The van der Waals surface area contributed by atoms with E-state index < -0.39 is 0 Å². The van der Waals surface area contributed by atoms with Crippen LogP contribution >= 0.6 is 11.6 Å². The molecule has 0 aliphatic heterocycles. The van der Waals surface area contributed by atoms with Crippen LogP contribution in [0.1, 0.15) is 38.1 Å². The van der Waals surface area contributed by atoms with Crippen molar-refractivity contribution in [3.8, 4) is 0 Å². The molecular weight excluding hydrogens is 222 g/mol. The van der Waals surface area contributed by atoms with Gasteiger partial charge >= 0.3 is 0 Å². The van der Waals surface area contributed by atoms with Crippen LogP contribution in [0.3, 0.4) is 0 Å². The number of hydrogen-bond acceptors (Lipinski definition) is 2. The smallest absolute Gasteiger partial charge is 0.0860 e. The number of nitrogens with zero attached hydrogens (tertiary/aromatic N) is 2. The van der Waals surface area contributed by atoms with Gasteiger partial charge in [0.25, 0.3) is 0 Å². The second-order valence-corrected chi connectivity index (χ2v) is 4.93. The molecule has 90 valence electrons. The second-order valence-electron chi connectivity index (χ2n) is 4.55. The van der Waals surface area contributed by atoms with Crippen molar-refractivity contribution >= 4 is 11.6 Å². The summed E-state index contributed by atoms with van der Waals surface area (Å²) in [7, 11) is 0. The van der Waals surface area contributed by atoms with E-state index in [1.807, 2.05) is 11.6 Å². The molecular formula is C12H20ClN3. The van der Waals surface area contributed by atoms with Crippen molar-refractivity contribution in [2.24, 2.45) is 5.92 Å². The van der Waals surface area contributed by atoms with Gasteiger partial charge in [0.05, 0.1) is 16.4 Å². The van der Waals surface area contributed by atoms with Gasteiger partial charge in [-0.15, -0.1) is 0 Å². The third-order valence-electron chi connectivity index (χ3n) is 3.43. The Morgan fingerprint density at radius 2 is 2.25 bits per heavy atom. The largest absolute Gasteiger partial charge is 0.308 e. The zero-order valence-corrected chi connectivity index (χ0v) is 11.0. The van der Waals surface area contributed by atoms with Crippen LogP contribution in [0.25, 0.3) is 0 Å². The van der Waals surface area contributed by atoms with Gasteiger partial charge in [0.2, 0.25) is 0 Å². The summed E-state index contributed by atoms with van der Waals surface area (Å²) in [4.78, 5) is 0. The van der Waals surface area contributed by atoms with Gasteiger partial charge < -0.3 is 5.32 Å². The average molecular weight is 242 g/mol. The maximum atomic E-state index is 6.24. The zero-order chi connectivity index (χ0) is 11.7. The van der Waals surface area contributed by atoms with Gasteiger partial charge in [0, 0.05) is 19.1 Å². The van der Waals surface area contributed by atoms with Crippen molar-refractivity contribution in [2.45, 2.75) is 52.7 Å². The summed E-state index contributed by atoms with van der Waals surface area (Å²) in [6, 6.07) is 0.696. The highest BCUT2D eigenvalue weighted by Gasteiger charge is 2.34. The highest BCUT2D eigenvalue weighted by molar-refractivity contribution is 6.31. The van der Waals surface area contributed by atoms with Crippen molar-refractivity contribution in [1.82, 2.24) is 15.1 Å². The SMILES string of the molecule is CCC1CC1NCc1c(Cl)c(C)nn1CC. The Morgan fingerprint density at radius 3 is 2.81 bits per heavy atom. The lowest BCUT2D eigenvalue weighted by atomic mass is 10.3. The Hall–Kier alpha value is -0.540. The third-order valence-corrected chi connectivity index (χ3v) is 3.92. The first-order chi connectivity index (χ1) is 7.67. The molecule has 2 unspecified atom stereocenters. The minimum atomic E-state index is 0.696. The normalized spacial score (nSPS) is 23.8. The summed E-state index contributed by atoms with van der Waals surface area (Å²) < 4.78 is 1.99. The molecule has 0 saturated heterocycles. The van der Waals surface area contributed by atoms with E-state index in [1.165, 1.54) is 12.8 Å². The van der Waals surface area contributed by atoms with Gasteiger partial charge in [0.15, 0.2) is 0 Å². The van der Waals surface area contributed by atoms with Crippen LogP contribution in [0.15, 0.2) is 0 Å². The molecule has 1 aliphatic carbocycles. The van der Waals surface area contributed by atoms with Gasteiger partial charge in [-0.3, -0.25) is 4.68 Å². The second kappa shape index (κ2) is 4.76. The van der Waals surface area contributed by atoms with E-state index in [9.17, 15) is 0 Å². The van der Waals surface area contributed by atoms with Crippen LogP contribution in [0.4, 0.5) is 0 Å². The predicted octanol–water partition coefficient (Wildman–Crippen LogP) is 2.75. The monoisotopic (exact) mass is 241 g/mol. The lowest BCUT2D eigenvalue weighted by Crippen LogP contribution is -2.20. The van der Waals surface area contributed by atoms with Crippen LogP contribution in [-0.2, 0) is 13.1 Å². The Labute approximate surface area is 102 Å². The van der Waals surface area contributed by atoms with Crippen LogP contribution < -0.4 is 5.32 Å². The molecule has 2 rings (SSSR count). The zero-order valence-electron chi connectivity index (χ0n) is 10.3. The molecule has 1 aromatic rings. The molecule has 1 heterocycles. The van der Waals surface area contributed by atoms with E-state index in [1.54, 1.807) is 0 Å². The quantitative estimate of drug-likeness (QED) is 0.859. The fraction of sp³-hybridized carbons (Fsp3) is 0.750. The number of nitrogens with one attached hydrogen (secondary N) is 1. The van der Waals surface area contributed by atoms with Crippen LogP contribution in [0.5, 0.6) is 0 Å². The lowest BCUT2D eigenvalue weighted by molar-refractivity contribution is 0.561. The number of aryl methyl sites for hydroxylation is 2. The number of halogens is 1. The third kappa shape index (κ3) is 2.25. The molecule has 1 fully saturated rings. The Morgan fingerprint density at radius 1 is 1.50 bits per heavy atom. The topological polar surface area (TPSA) is 29.9 Å². The van der Waals surface area contributed by atoms with Crippen molar-refractivity contribution < 1.29 is 0 Å². The molecule has 1 aliphatic rings. The first kappa shape index (κ1) is 11.9. The van der Waals surface area contributed by atoms with Crippen LogP contribution in [0, 0.1) is 12.8 Å². The van der Waals surface area contributed by atoms with Crippen molar-refractivity contribution in [3.05, 3.63) is 16.4 Å². The van der Waals surface area contributed by atoms with Gasteiger partial charge in [-0.2, -0.15) is 5.10 Å². The highest BCUT2D eigenvalue weighted by atomic mass is 35.5. The molecule has 1 N–H and O–H groups in total. The van der Waals surface area contributed by atoms with Crippen molar-refractivity contribution in [2.75, 3.05) is 0 Å². The maximum Gasteiger partial charge on any atom is 0.0860 e. The van der Waals surface area contributed by atoms with E-state index in [4.69, 9.17) is 11.6 Å². The van der Waals surface area contributed by atoms with E-state index in [0.717, 1.165) is 35.4 Å². The molecule has 1 aromatic heterocycles. The first-order valence-corrected chi connectivity index (χ1v) is 6.50. The highest BCUT2D eigenvalue weighted by Crippen LogP contribution is 2.33. The van der Waals surface area contributed by atoms with Crippen molar-refractivity contribution in [1.29, 1.82) is 0 Å². The fourth-order valence-electron chi connectivity index (χ4n) is 2.21. The van der Waals surface area contributed by atoms with Gasteiger partial charge in [-0.25, -0.2) is 0 Å². The summed E-state index contributed by atoms with van der Waals surface area (Å²) in [6.07, 6.45) is 2.59. The van der Waals surface area contributed by atoms with Gasteiger partial charge in [-0.05, 0) is 26.2 Å². The minimum absolute atomic E-state index is 0.696. The molecule has 16 heavy (non-hydrogen) atoms. The van der Waals surface area contributed by atoms with Crippen LogP contribution in [-0.4, -0.2) is 15.8 Å². The van der Waals surface area contributed by atoms with Gasteiger partial charge in [-0.1, -0.05) is 24.9 Å². The molecule has 4 heteroatoms. The molecule has 0 aromatic carbocycles. The number of aromatic nitrogens is 2. The van der Waals surface area contributed by atoms with E-state index in [0.29, 0.717) is 6.04 Å². The molecule has 0 radical (unpaired) electrons. The van der Waals surface area contributed by atoms with Crippen LogP contribution in [0.2, 0.25) is 5.02 Å². The summed E-state index contributed by atoms with van der Waals surface area (Å²) in [5, 5.41) is 8.79. The predicted molar refractivity (Wildman–Crippen MR) is 66.7 cm³/mol. The maximum absolute atomic E-state index is 6.24. The first-order valence-electron chi connectivity index (χ1n) is 6.12. The van der Waals surface area contributed by atoms with E-state index in [2.05, 4.69) is 24.3 Å². The number of rotatable bonds is 5. The minimum Gasteiger partial charge on any atom is -0.308 e. The van der Waals surface area contributed by atoms with E-state index >= 15 is 0 Å². The Bertz CT molecular complexity index is 373. The number of hydrogen-bond donors (Lipinski definition) is 1. The van der Waals surface area contributed by atoms with Gasteiger partial charge in [0.1, 0.15) is 0 Å². The van der Waals surface area contributed by atoms with E-state index in [-0.39, 0.29) is 0 Å². The molecule has 1 saturated carbocycles. The fourth-order valence-corrected chi connectivity index (χ4v) is 2.42. The summed E-state index contributed by atoms with van der Waals surface area (Å²) in [5.74, 6) is 0.873. The lowest BCUT2D eigenvalue weighted by Gasteiger charge is -2.06. The molecule has 0 bridgehead atoms. The molecule has 0 amide bonds. The Balaban J connectivity index is 1.98. The van der Waals surface area contributed by atoms with Crippen molar-refractivity contribution in [3.63, 3.8) is 0 Å². The molecule has 0 spiro atoms. The Kier molecular flexibility index (Phi) is 3.55. The summed E-state index contributed by atoms with van der Waals surface area (Å²) in [6.45, 7) is 8.03. The summed E-state index contributed by atoms with van der Waals surface area (Å²) >= 11 is 6.24. The standard InChI is InChI=1S/C12H20ClN3/c1-4-9-6-10(9)14-7-11-12(13)8(3)15-16(11)5-2/h9-10,14H,4-7H2,1-3H3. The molecule has 3 nitrogen and oxygen atoms in total. The summed E-state index contributed by atoms with van der Waals surface area (Å²) in [5.41, 5.74) is 2.06.